The van der Waals surface area contributed by atoms with Gasteiger partial charge in [-0.05, 0) is 45.3 Å². The molecule has 0 bridgehead atoms. The number of halogens is 3. The van der Waals surface area contributed by atoms with E-state index in [-0.39, 0.29) is 10.0 Å². The van der Waals surface area contributed by atoms with E-state index in [9.17, 15) is 8.78 Å². The molecule has 5 heteroatoms. The van der Waals surface area contributed by atoms with Crippen LogP contribution in [0.1, 0.15) is 22.7 Å². The van der Waals surface area contributed by atoms with Crippen LogP contribution in [0.4, 0.5) is 8.78 Å². The van der Waals surface area contributed by atoms with E-state index in [1.807, 2.05) is 6.07 Å². The van der Waals surface area contributed by atoms with Crippen molar-refractivity contribution in [1.82, 2.24) is 0 Å². The van der Waals surface area contributed by atoms with Gasteiger partial charge in [-0.1, -0.05) is 12.1 Å². The van der Waals surface area contributed by atoms with E-state index in [1.165, 1.54) is 12.1 Å². The summed E-state index contributed by atoms with van der Waals surface area (Å²) in [4.78, 5) is 0. The Balaban J connectivity index is 2.05. The van der Waals surface area contributed by atoms with Gasteiger partial charge in [0.15, 0.2) is 0 Å². The third kappa shape index (κ3) is 2.21. The van der Waals surface area contributed by atoms with Gasteiger partial charge in [-0.15, -0.1) is 0 Å². The Labute approximate surface area is 123 Å². The van der Waals surface area contributed by atoms with E-state index in [0.29, 0.717) is 12.2 Å². The quantitative estimate of drug-likeness (QED) is 0.846. The van der Waals surface area contributed by atoms with Crippen LogP contribution in [0.15, 0.2) is 34.8 Å². The summed E-state index contributed by atoms with van der Waals surface area (Å²) in [5.41, 5.74) is 7.61. The fourth-order valence-electron chi connectivity index (χ4n) is 2.39. The van der Waals surface area contributed by atoms with E-state index in [4.69, 9.17) is 10.5 Å². The number of benzene rings is 2. The van der Waals surface area contributed by atoms with Crippen molar-refractivity contribution in [2.75, 3.05) is 6.61 Å². The normalized spacial score (nSPS) is 14.8. The van der Waals surface area contributed by atoms with Crippen LogP contribution in [0.3, 0.4) is 0 Å². The van der Waals surface area contributed by atoms with Crippen LogP contribution in [-0.4, -0.2) is 6.61 Å². The van der Waals surface area contributed by atoms with Crippen molar-refractivity contribution >= 4 is 15.9 Å². The average molecular weight is 340 g/mol. The molecular weight excluding hydrogens is 328 g/mol. The molecule has 0 amide bonds. The minimum Gasteiger partial charge on any atom is -0.493 e. The fourth-order valence-corrected chi connectivity index (χ4v) is 2.74. The Morgan fingerprint density at radius 3 is 2.80 bits per heavy atom. The minimum atomic E-state index is -0.849. The Morgan fingerprint density at radius 2 is 2.00 bits per heavy atom. The first-order valence-corrected chi connectivity index (χ1v) is 7.02. The maximum atomic E-state index is 14.1. The Morgan fingerprint density at radius 1 is 1.20 bits per heavy atom. The highest BCUT2D eigenvalue weighted by Gasteiger charge is 2.22. The summed E-state index contributed by atoms with van der Waals surface area (Å²) >= 11 is 3.05. The molecule has 2 aromatic rings. The van der Waals surface area contributed by atoms with E-state index in [0.717, 1.165) is 17.7 Å². The number of ether oxygens (including phenoxy) is 1. The van der Waals surface area contributed by atoms with Crippen molar-refractivity contribution in [2.24, 2.45) is 5.73 Å². The highest BCUT2D eigenvalue weighted by Crippen LogP contribution is 2.33. The second-order valence-electron chi connectivity index (χ2n) is 4.70. The zero-order chi connectivity index (χ0) is 14.3. The molecule has 0 fully saturated rings. The van der Waals surface area contributed by atoms with Crippen molar-refractivity contribution in [3.8, 4) is 5.75 Å². The standard InChI is InChI=1S/C15H12BrF2NO/c16-10-2-3-11(17)13(14(10)18)15(19)9-1-4-12-8(7-9)5-6-20-12/h1-4,7,15H,5-6,19H2. The summed E-state index contributed by atoms with van der Waals surface area (Å²) in [6.07, 6.45) is 0.791. The van der Waals surface area contributed by atoms with Crippen LogP contribution in [0.5, 0.6) is 5.75 Å². The number of nitrogens with two attached hydrogens (primary N) is 1. The first-order valence-electron chi connectivity index (χ1n) is 6.22. The molecule has 20 heavy (non-hydrogen) atoms. The molecule has 0 aromatic heterocycles. The molecule has 2 N–H and O–H groups in total. The lowest BCUT2D eigenvalue weighted by atomic mass is 9.96. The largest absolute Gasteiger partial charge is 0.493 e. The molecular formula is C15H12BrF2NO. The van der Waals surface area contributed by atoms with Gasteiger partial charge in [0.2, 0.25) is 0 Å². The van der Waals surface area contributed by atoms with Crippen molar-refractivity contribution in [2.45, 2.75) is 12.5 Å². The molecule has 0 spiro atoms. The first kappa shape index (κ1) is 13.5. The van der Waals surface area contributed by atoms with E-state index in [1.54, 1.807) is 12.1 Å². The van der Waals surface area contributed by atoms with Gasteiger partial charge in [0.1, 0.15) is 17.4 Å². The number of hydrogen-bond donors (Lipinski definition) is 1. The predicted octanol–water partition coefficient (Wildman–Crippen LogP) is 3.71. The Bertz CT molecular complexity index is 675. The van der Waals surface area contributed by atoms with E-state index in [2.05, 4.69) is 15.9 Å². The lowest BCUT2D eigenvalue weighted by Gasteiger charge is -2.16. The van der Waals surface area contributed by atoms with Crippen molar-refractivity contribution in [3.63, 3.8) is 0 Å². The first-order chi connectivity index (χ1) is 9.58. The van der Waals surface area contributed by atoms with Crippen LogP contribution in [0, 0.1) is 11.6 Å². The van der Waals surface area contributed by atoms with Crippen LogP contribution in [0.2, 0.25) is 0 Å². The van der Waals surface area contributed by atoms with Crippen molar-refractivity contribution in [1.29, 1.82) is 0 Å². The second kappa shape index (κ2) is 5.14. The van der Waals surface area contributed by atoms with Gasteiger partial charge in [-0.25, -0.2) is 8.78 Å². The molecule has 1 aliphatic heterocycles. The lowest BCUT2D eigenvalue weighted by molar-refractivity contribution is 0.357. The van der Waals surface area contributed by atoms with Gasteiger partial charge in [-0.2, -0.15) is 0 Å². The summed E-state index contributed by atoms with van der Waals surface area (Å²) in [5.74, 6) is -0.486. The van der Waals surface area contributed by atoms with Crippen LogP contribution in [0.25, 0.3) is 0 Å². The molecule has 0 saturated carbocycles. The van der Waals surface area contributed by atoms with Gasteiger partial charge >= 0.3 is 0 Å². The summed E-state index contributed by atoms with van der Waals surface area (Å²) in [6, 6.07) is 7.08. The Kier molecular flexibility index (Phi) is 3.48. The van der Waals surface area contributed by atoms with Gasteiger partial charge in [-0.3, -0.25) is 0 Å². The zero-order valence-corrected chi connectivity index (χ0v) is 12.1. The lowest BCUT2D eigenvalue weighted by Crippen LogP contribution is -2.16. The molecule has 0 radical (unpaired) electrons. The number of fused-ring (bicyclic) bond motifs is 1. The molecule has 1 unspecified atom stereocenters. The van der Waals surface area contributed by atoms with E-state index < -0.39 is 17.7 Å². The molecule has 0 aliphatic carbocycles. The third-order valence-electron chi connectivity index (χ3n) is 3.46. The molecule has 2 nitrogen and oxygen atoms in total. The van der Waals surface area contributed by atoms with E-state index >= 15 is 0 Å². The van der Waals surface area contributed by atoms with Crippen LogP contribution >= 0.6 is 15.9 Å². The SMILES string of the molecule is NC(c1ccc2c(c1)CCO2)c1c(F)ccc(Br)c1F. The molecule has 1 atom stereocenters. The molecule has 3 rings (SSSR count). The summed E-state index contributed by atoms with van der Waals surface area (Å²) in [6.45, 7) is 0.633. The molecule has 0 saturated heterocycles. The van der Waals surface area contributed by atoms with Gasteiger partial charge in [0.05, 0.1) is 17.1 Å². The van der Waals surface area contributed by atoms with Crippen molar-refractivity contribution in [3.05, 3.63) is 63.1 Å². The number of hydrogen-bond acceptors (Lipinski definition) is 2. The smallest absolute Gasteiger partial charge is 0.145 e. The number of rotatable bonds is 2. The monoisotopic (exact) mass is 339 g/mol. The maximum absolute atomic E-state index is 14.1. The van der Waals surface area contributed by atoms with Gasteiger partial charge in [0.25, 0.3) is 0 Å². The second-order valence-corrected chi connectivity index (χ2v) is 5.55. The fraction of sp³-hybridized carbons (Fsp3) is 0.200. The highest BCUT2D eigenvalue weighted by molar-refractivity contribution is 9.10. The summed E-state index contributed by atoms with van der Waals surface area (Å²) in [7, 11) is 0. The maximum Gasteiger partial charge on any atom is 0.145 e. The summed E-state index contributed by atoms with van der Waals surface area (Å²) in [5, 5.41) is 0. The Hall–Kier alpha value is -1.46. The third-order valence-corrected chi connectivity index (χ3v) is 4.08. The van der Waals surface area contributed by atoms with Gasteiger partial charge < -0.3 is 10.5 Å². The summed E-state index contributed by atoms with van der Waals surface area (Å²) < 4.78 is 33.6. The molecule has 2 aromatic carbocycles. The van der Waals surface area contributed by atoms with Gasteiger partial charge in [0, 0.05) is 12.0 Å². The minimum absolute atomic E-state index is 0.127. The molecule has 1 heterocycles. The highest BCUT2D eigenvalue weighted by atomic mass is 79.9. The van der Waals surface area contributed by atoms with Crippen molar-refractivity contribution < 1.29 is 13.5 Å². The molecule has 104 valence electrons. The zero-order valence-electron chi connectivity index (χ0n) is 10.5. The topological polar surface area (TPSA) is 35.2 Å². The predicted molar refractivity (Wildman–Crippen MR) is 75.7 cm³/mol. The average Bonchev–Trinajstić information content (AvgIpc) is 2.90. The van der Waals surface area contributed by atoms with Crippen LogP contribution in [-0.2, 0) is 6.42 Å². The van der Waals surface area contributed by atoms with Crippen LogP contribution < -0.4 is 10.5 Å². The molecule has 1 aliphatic rings.